The van der Waals surface area contributed by atoms with E-state index >= 15 is 0 Å². The molecule has 0 spiro atoms. The monoisotopic (exact) mass is 555 g/mol. The number of rotatable bonds is 16. The first-order valence-electron chi connectivity index (χ1n) is 12.9. The summed E-state index contributed by atoms with van der Waals surface area (Å²) in [6, 6.07) is 10.4. The maximum Gasteiger partial charge on any atom is 0.269 e. The molecule has 2 rings (SSSR count). The van der Waals surface area contributed by atoms with E-state index in [2.05, 4.69) is 16.0 Å². The Kier molecular flexibility index (Phi) is 12.7. The summed E-state index contributed by atoms with van der Waals surface area (Å²) >= 11 is 0. The van der Waals surface area contributed by atoms with E-state index in [4.69, 9.17) is 17.2 Å². The summed E-state index contributed by atoms with van der Waals surface area (Å²) < 4.78 is 0. The summed E-state index contributed by atoms with van der Waals surface area (Å²) in [6.45, 7) is 1.89. The molecule has 0 unspecified atom stereocenters. The summed E-state index contributed by atoms with van der Waals surface area (Å²) in [7, 11) is 0. The number of hydrogen-bond acceptors (Lipinski definition) is 8. The molecule has 216 valence electrons. The number of primary amides is 1. The minimum atomic E-state index is -1.14. The highest BCUT2D eigenvalue weighted by Crippen LogP contribution is 2.14. The van der Waals surface area contributed by atoms with Crippen LogP contribution in [0, 0.1) is 10.1 Å². The maximum absolute atomic E-state index is 13.2. The van der Waals surface area contributed by atoms with Gasteiger partial charge < -0.3 is 33.2 Å². The molecule has 0 saturated carbocycles. The van der Waals surface area contributed by atoms with Crippen LogP contribution in [0.15, 0.2) is 54.6 Å². The predicted octanol–water partition coefficient (Wildman–Crippen LogP) is -0.204. The number of nitrogens with two attached hydrogens (primary N) is 3. The lowest BCUT2D eigenvalue weighted by atomic mass is 10.0. The number of nitro groups is 1. The van der Waals surface area contributed by atoms with E-state index in [1.807, 2.05) is 6.07 Å². The van der Waals surface area contributed by atoms with E-state index in [1.165, 1.54) is 31.2 Å². The van der Waals surface area contributed by atoms with Gasteiger partial charge in [-0.15, -0.1) is 0 Å². The Labute approximate surface area is 232 Å². The van der Waals surface area contributed by atoms with Crippen LogP contribution >= 0.6 is 0 Å². The first kappa shape index (κ1) is 31.9. The van der Waals surface area contributed by atoms with Gasteiger partial charge >= 0.3 is 0 Å². The van der Waals surface area contributed by atoms with E-state index in [9.17, 15) is 29.3 Å². The van der Waals surface area contributed by atoms with Gasteiger partial charge in [0.15, 0.2) is 0 Å². The number of nitrogens with zero attached hydrogens (tertiary/aromatic N) is 1. The highest BCUT2D eigenvalue weighted by atomic mass is 16.6. The van der Waals surface area contributed by atoms with E-state index in [1.54, 1.807) is 24.3 Å². The fourth-order valence-corrected chi connectivity index (χ4v) is 3.87. The number of hydrogen-bond donors (Lipinski definition) is 6. The lowest BCUT2D eigenvalue weighted by Gasteiger charge is -2.24. The third-order valence-corrected chi connectivity index (χ3v) is 6.22. The molecule has 0 aromatic heterocycles. The van der Waals surface area contributed by atoms with Gasteiger partial charge in [-0.1, -0.05) is 48.9 Å². The molecule has 4 amide bonds. The Bertz CT molecular complexity index is 1160. The van der Waals surface area contributed by atoms with Gasteiger partial charge in [0.25, 0.3) is 5.69 Å². The zero-order valence-electron chi connectivity index (χ0n) is 22.4. The zero-order valence-corrected chi connectivity index (χ0v) is 22.4. The number of non-ortho nitro benzene ring substituents is 1. The molecule has 13 nitrogen and oxygen atoms in total. The average molecular weight is 556 g/mol. The van der Waals surface area contributed by atoms with Crippen molar-refractivity contribution in [3.63, 3.8) is 0 Å². The minimum absolute atomic E-state index is 0.0165. The number of nitro benzene ring substituents is 1. The van der Waals surface area contributed by atoms with Crippen LogP contribution in [0.3, 0.4) is 0 Å². The molecule has 0 radical (unpaired) electrons. The van der Waals surface area contributed by atoms with Gasteiger partial charge in [0, 0.05) is 25.0 Å². The summed E-state index contributed by atoms with van der Waals surface area (Å²) in [5, 5.41) is 18.7. The normalized spacial score (nSPS) is 13.8. The van der Waals surface area contributed by atoms with Crippen molar-refractivity contribution in [3.05, 3.63) is 75.8 Å². The SMILES string of the molecule is C[C@H](NC(=O)[C@H](Cc1ccc([N+](=O)[O-])cc1)NC(=O)[C@@H](N)CCCCN)C(=O)N[C@@H](Cc1ccccc1)C(N)=O. The van der Waals surface area contributed by atoms with Crippen molar-refractivity contribution in [1.29, 1.82) is 0 Å². The highest BCUT2D eigenvalue weighted by Gasteiger charge is 2.28. The maximum atomic E-state index is 13.2. The standard InChI is InChI=1S/C27H37N7O6/c1-17(25(36)32-22(24(30)35)15-18-7-3-2-4-8-18)31-27(38)23(33-26(37)21(29)9-5-6-14-28)16-19-10-12-20(13-11-19)34(39)40/h2-4,7-8,10-13,17,21-23H,5-6,9,14-16,28-29H2,1H3,(H2,30,35)(H,31,38)(H,32,36)(H,33,37)/t17-,21-,22-,23-/m0/s1. The van der Waals surface area contributed by atoms with Crippen molar-refractivity contribution < 1.29 is 24.1 Å². The van der Waals surface area contributed by atoms with E-state index < -0.39 is 52.7 Å². The van der Waals surface area contributed by atoms with Crippen LogP contribution < -0.4 is 33.2 Å². The number of carbonyl (C=O) groups is 4. The fourth-order valence-electron chi connectivity index (χ4n) is 3.87. The van der Waals surface area contributed by atoms with Gasteiger partial charge in [0.2, 0.25) is 23.6 Å². The molecule has 40 heavy (non-hydrogen) atoms. The Balaban J connectivity index is 2.11. The number of carbonyl (C=O) groups excluding carboxylic acids is 4. The van der Waals surface area contributed by atoms with Crippen molar-refractivity contribution >= 4 is 29.3 Å². The summed E-state index contributed by atoms with van der Waals surface area (Å²) in [6.07, 6.45) is 1.84. The van der Waals surface area contributed by atoms with Gasteiger partial charge in [0.1, 0.15) is 18.1 Å². The fraction of sp³-hybridized carbons (Fsp3) is 0.407. The van der Waals surface area contributed by atoms with Crippen molar-refractivity contribution in [2.75, 3.05) is 6.54 Å². The second-order valence-electron chi connectivity index (χ2n) is 9.46. The number of benzene rings is 2. The smallest absolute Gasteiger partial charge is 0.269 e. The van der Waals surface area contributed by atoms with E-state index in [0.717, 1.165) is 5.56 Å². The molecule has 0 heterocycles. The Morgan fingerprint density at radius 1 is 0.825 bits per heavy atom. The minimum Gasteiger partial charge on any atom is -0.368 e. The lowest BCUT2D eigenvalue weighted by Crippen LogP contribution is -2.57. The molecule has 0 saturated heterocycles. The van der Waals surface area contributed by atoms with Crippen LogP contribution in [0.1, 0.15) is 37.3 Å². The lowest BCUT2D eigenvalue weighted by molar-refractivity contribution is -0.384. The van der Waals surface area contributed by atoms with Crippen LogP contribution in [0.25, 0.3) is 0 Å². The third-order valence-electron chi connectivity index (χ3n) is 6.22. The Morgan fingerprint density at radius 3 is 1.98 bits per heavy atom. The quantitative estimate of drug-likeness (QED) is 0.0921. The van der Waals surface area contributed by atoms with E-state index in [-0.39, 0.29) is 18.5 Å². The van der Waals surface area contributed by atoms with Crippen LogP contribution in [-0.4, -0.2) is 59.3 Å². The van der Waals surface area contributed by atoms with Crippen LogP contribution in [0.5, 0.6) is 0 Å². The zero-order chi connectivity index (χ0) is 29.7. The molecule has 0 aliphatic heterocycles. The van der Waals surface area contributed by atoms with Crippen LogP contribution in [-0.2, 0) is 32.0 Å². The molecular formula is C27H37N7O6. The summed E-state index contributed by atoms with van der Waals surface area (Å²) in [4.78, 5) is 61.1. The first-order chi connectivity index (χ1) is 19.0. The molecule has 2 aromatic rings. The van der Waals surface area contributed by atoms with Gasteiger partial charge in [-0.05, 0) is 37.4 Å². The Hall–Kier alpha value is -4.36. The molecule has 9 N–H and O–H groups in total. The second kappa shape index (κ2) is 15.9. The van der Waals surface area contributed by atoms with Gasteiger partial charge in [-0.2, -0.15) is 0 Å². The number of amides is 4. The molecule has 2 aromatic carbocycles. The number of nitrogens with one attached hydrogen (secondary N) is 3. The topological polar surface area (TPSA) is 226 Å². The summed E-state index contributed by atoms with van der Waals surface area (Å²) in [5.41, 5.74) is 18.1. The van der Waals surface area contributed by atoms with Gasteiger partial charge in [-0.3, -0.25) is 29.3 Å². The second-order valence-corrected chi connectivity index (χ2v) is 9.46. The van der Waals surface area contributed by atoms with Crippen molar-refractivity contribution in [1.82, 2.24) is 16.0 Å². The third kappa shape index (κ3) is 10.4. The first-order valence-corrected chi connectivity index (χ1v) is 12.9. The highest BCUT2D eigenvalue weighted by molar-refractivity contribution is 5.94. The van der Waals surface area contributed by atoms with Gasteiger partial charge in [0.05, 0.1) is 11.0 Å². The molecule has 0 bridgehead atoms. The number of unbranched alkanes of at least 4 members (excludes halogenated alkanes) is 1. The van der Waals surface area contributed by atoms with E-state index in [0.29, 0.717) is 31.4 Å². The molecule has 4 atom stereocenters. The molecule has 13 heteroatoms. The molecule has 0 fully saturated rings. The van der Waals surface area contributed by atoms with Crippen molar-refractivity contribution in [2.24, 2.45) is 17.2 Å². The molecular weight excluding hydrogens is 518 g/mol. The molecule has 0 aliphatic carbocycles. The summed E-state index contributed by atoms with van der Waals surface area (Å²) in [5.74, 6) is -2.62. The van der Waals surface area contributed by atoms with Crippen LogP contribution in [0.4, 0.5) is 5.69 Å². The van der Waals surface area contributed by atoms with Crippen LogP contribution in [0.2, 0.25) is 0 Å². The molecule has 0 aliphatic rings. The average Bonchev–Trinajstić information content (AvgIpc) is 2.92. The van der Waals surface area contributed by atoms with Gasteiger partial charge in [-0.25, -0.2) is 0 Å². The Morgan fingerprint density at radius 2 is 1.40 bits per heavy atom. The predicted molar refractivity (Wildman–Crippen MR) is 148 cm³/mol. The largest absolute Gasteiger partial charge is 0.368 e. The van der Waals surface area contributed by atoms with Crippen molar-refractivity contribution in [3.8, 4) is 0 Å². The van der Waals surface area contributed by atoms with Crippen molar-refractivity contribution in [2.45, 2.75) is 63.2 Å².